The normalized spacial score (nSPS) is 10.2. The van der Waals surface area contributed by atoms with E-state index >= 15 is 0 Å². The number of ketones is 1. The summed E-state index contributed by atoms with van der Waals surface area (Å²) in [6, 6.07) is 6.75. The topological polar surface area (TPSA) is 91.2 Å². The average Bonchev–Trinajstić information content (AvgIpc) is 2.41. The van der Waals surface area contributed by atoms with Crippen molar-refractivity contribution < 1.29 is 9.53 Å². The number of aromatic nitrogens is 1. The Hall–Kier alpha value is -2.56. The zero-order chi connectivity index (χ0) is 14.0. The van der Waals surface area contributed by atoms with Gasteiger partial charge in [-0.3, -0.25) is 4.79 Å². The van der Waals surface area contributed by atoms with Crippen molar-refractivity contribution in [1.82, 2.24) is 4.98 Å². The van der Waals surface area contributed by atoms with Crippen LogP contribution in [0.3, 0.4) is 0 Å². The van der Waals surface area contributed by atoms with Crippen molar-refractivity contribution in [2.24, 2.45) is 0 Å². The zero-order valence-corrected chi connectivity index (χ0v) is 10.8. The lowest BCUT2D eigenvalue weighted by Gasteiger charge is -2.10. The van der Waals surface area contributed by atoms with E-state index in [0.29, 0.717) is 22.6 Å². The Labute approximate surface area is 111 Å². The number of aryl methyl sites for hydroxylation is 1. The summed E-state index contributed by atoms with van der Waals surface area (Å²) in [5, 5.41) is 0. The molecule has 1 heterocycles. The molecule has 0 fully saturated rings. The van der Waals surface area contributed by atoms with Gasteiger partial charge in [-0.15, -0.1) is 0 Å². The number of carbonyl (C=O) groups is 1. The molecule has 5 nitrogen and oxygen atoms in total. The van der Waals surface area contributed by atoms with Crippen LogP contribution in [0.2, 0.25) is 0 Å². The van der Waals surface area contributed by atoms with Crippen molar-refractivity contribution in [1.29, 1.82) is 0 Å². The van der Waals surface area contributed by atoms with E-state index in [4.69, 9.17) is 16.2 Å². The van der Waals surface area contributed by atoms with Gasteiger partial charge in [-0.2, -0.15) is 0 Å². The van der Waals surface area contributed by atoms with E-state index in [2.05, 4.69) is 4.98 Å². The van der Waals surface area contributed by atoms with Gasteiger partial charge in [-0.05, 0) is 30.7 Å². The molecular weight excluding hydrogens is 242 g/mol. The summed E-state index contributed by atoms with van der Waals surface area (Å²) in [5.41, 5.74) is 13.5. The third kappa shape index (κ3) is 2.35. The predicted octanol–water partition coefficient (Wildman–Crippen LogP) is 1.79. The summed E-state index contributed by atoms with van der Waals surface area (Å²) in [6.07, 6.45) is 1.61. The second-order valence-corrected chi connectivity index (χ2v) is 4.20. The van der Waals surface area contributed by atoms with Gasteiger partial charge in [0.2, 0.25) is 0 Å². The summed E-state index contributed by atoms with van der Waals surface area (Å²) >= 11 is 0. The number of anilines is 2. The third-order valence-electron chi connectivity index (χ3n) is 2.83. The lowest BCUT2D eigenvalue weighted by molar-refractivity contribution is 0.104. The molecule has 4 N–H and O–H groups in total. The number of nitrogen functional groups attached to an aromatic ring is 2. The van der Waals surface area contributed by atoms with E-state index in [9.17, 15) is 4.79 Å². The highest BCUT2D eigenvalue weighted by Crippen LogP contribution is 2.27. The van der Waals surface area contributed by atoms with Gasteiger partial charge >= 0.3 is 0 Å². The Morgan fingerprint density at radius 1 is 1.26 bits per heavy atom. The summed E-state index contributed by atoms with van der Waals surface area (Å²) in [5.74, 6) is 0.396. The number of rotatable bonds is 3. The lowest BCUT2D eigenvalue weighted by atomic mass is 10.0. The number of pyridine rings is 1. The molecule has 2 rings (SSSR count). The predicted molar refractivity (Wildman–Crippen MR) is 74.2 cm³/mol. The zero-order valence-electron chi connectivity index (χ0n) is 10.8. The van der Waals surface area contributed by atoms with Crippen molar-refractivity contribution >= 4 is 17.3 Å². The number of hydrogen-bond donors (Lipinski definition) is 2. The Morgan fingerprint density at radius 3 is 2.68 bits per heavy atom. The Morgan fingerprint density at radius 2 is 2.00 bits per heavy atom. The number of methoxy groups -OCH3 is 1. The van der Waals surface area contributed by atoms with Gasteiger partial charge in [0.25, 0.3) is 0 Å². The van der Waals surface area contributed by atoms with Crippen molar-refractivity contribution in [2.45, 2.75) is 6.92 Å². The number of hydrogen-bond acceptors (Lipinski definition) is 5. The summed E-state index contributed by atoms with van der Waals surface area (Å²) in [4.78, 5) is 16.4. The minimum absolute atomic E-state index is 0.192. The average molecular weight is 257 g/mol. The van der Waals surface area contributed by atoms with Gasteiger partial charge in [0.1, 0.15) is 11.6 Å². The van der Waals surface area contributed by atoms with Gasteiger partial charge in [0, 0.05) is 11.8 Å². The van der Waals surface area contributed by atoms with Crippen LogP contribution < -0.4 is 16.2 Å². The smallest absolute Gasteiger partial charge is 0.198 e. The van der Waals surface area contributed by atoms with Crippen LogP contribution in [0.5, 0.6) is 5.75 Å². The largest absolute Gasteiger partial charge is 0.495 e. The van der Waals surface area contributed by atoms with Crippen LogP contribution in [0.25, 0.3) is 0 Å². The van der Waals surface area contributed by atoms with Gasteiger partial charge in [-0.25, -0.2) is 4.98 Å². The lowest BCUT2D eigenvalue weighted by Crippen LogP contribution is -2.10. The number of carbonyl (C=O) groups excluding carboxylic acids is 1. The molecule has 2 aromatic rings. The van der Waals surface area contributed by atoms with E-state index in [1.165, 1.54) is 7.11 Å². The Balaban J connectivity index is 2.53. The summed E-state index contributed by atoms with van der Waals surface area (Å²) < 4.78 is 5.10. The van der Waals surface area contributed by atoms with Gasteiger partial charge in [0.05, 0.1) is 18.4 Å². The molecule has 5 heteroatoms. The first kappa shape index (κ1) is 12.9. The molecule has 98 valence electrons. The van der Waals surface area contributed by atoms with E-state index < -0.39 is 0 Å². The first-order valence-electron chi connectivity index (χ1n) is 5.74. The maximum absolute atomic E-state index is 12.5. The fraction of sp³-hybridized carbons (Fsp3) is 0.143. The van der Waals surface area contributed by atoms with E-state index in [0.717, 1.165) is 5.56 Å². The maximum atomic E-state index is 12.5. The molecule has 0 radical (unpaired) electrons. The minimum Gasteiger partial charge on any atom is -0.495 e. The molecule has 0 aliphatic heterocycles. The fourth-order valence-corrected chi connectivity index (χ4v) is 1.83. The third-order valence-corrected chi connectivity index (χ3v) is 2.83. The molecule has 19 heavy (non-hydrogen) atoms. The molecule has 1 aromatic heterocycles. The van der Waals surface area contributed by atoms with E-state index in [1.54, 1.807) is 30.5 Å². The van der Waals surface area contributed by atoms with Crippen LogP contribution in [0.1, 0.15) is 21.5 Å². The summed E-state index contributed by atoms with van der Waals surface area (Å²) in [6.45, 7) is 1.85. The Kier molecular flexibility index (Phi) is 3.37. The van der Waals surface area contributed by atoms with Gasteiger partial charge in [-0.1, -0.05) is 6.07 Å². The van der Waals surface area contributed by atoms with E-state index in [1.807, 2.05) is 6.92 Å². The summed E-state index contributed by atoms with van der Waals surface area (Å²) in [7, 11) is 1.50. The number of ether oxygens (including phenoxy) is 1. The quantitative estimate of drug-likeness (QED) is 0.646. The second-order valence-electron chi connectivity index (χ2n) is 4.20. The maximum Gasteiger partial charge on any atom is 0.198 e. The van der Waals surface area contributed by atoms with Crippen molar-refractivity contribution in [3.63, 3.8) is 0 Å². The van der Waals surface area contributed by atoms with Crippen LogP contribution >= 0.6 is 0 Å². The van der Waals surface area contributed by atoms with E-state index in [-0.39, 0.29) is 11.6 Å². The first-order valence-corrected chi connectivity index (χ1v) is 5.74. The highest BCUT2D eigenvalue weighted by molar-refractivity contribution is 6.15. The van der Waals surface area contributed by atoms with Crippen LogP contribution in [-0.2, 0) is 0 Å². The number of nitrogens with zero attached hydrogens (tertiary/aromatic N) is 1. The molecule has 0 bridgehead atoms. The Bertz CT molecular complexity index is 639. The monoisotopic (exact) mass is 257 g/mol. The standard InChI is InChI=1S/C14H15N3O2/c1-8-6-10(14(16)17-7-8)13(18)9-4-3-5-11(19-2)12(9)15/h3-7H,15H2,1-2H3,(H2,16,17). The number of benzene rings is 1. The highest BCUT2D eigenvalue weighted by atomic mass is 16.5. The van der Waals surface area contributed by atoms with Crippen LogP contribution in [0.15, 0.2) is 30.5 Å². The van der Waals surface area contributed by atoms with Crippen molar-refractivity contribution in [3.8, 4) is 5.75 Å². The SMILES string of the molecule is COc1cccc(C(=O)c2cc(C)cnc2N)c1N. The molecule has 1 aromatic carbocycles. The molecule has 0 aliphatic carbocycles. The molecule has 0 atom stereocenters. The van der Waals surface area contributed by atoms with Gasteiger partial charge < -0.3 is 16.2 Å². The molecule has 0 saturated carbocycles. The van der Waals surface area contributed by atoms with Gasteiger partial charge in [0.15, 0.2) is 5.78 Å². The van der Waals surface area contributed by atoms with Crippen molar-refractivity contribution in [2.75, 3.05) is 18.6 Å². The minimum atomic E-state index is -0.259. The van der Waals surface area contributed by atoms with Crippen LogP contribution in [0.4, 0.5) is 11.5 Å². The first-order chi connectivity index (χ1) is 9.04. The molecule has 0 unspecified atom stereocenters. The molecular formula is C14H15N3O2. The second kappa shape index (κ2) is 4.97. The van der Waals surface area contributed by atoms with Crippen molar-refractivity contribution in [3.05, 3.63) is 47.2 Å². The molecule has 0 spiro atoms. The van der Waals surface area contributed by atoms with Crippen LogP contribution in [-0.4, -0.2) is 17.9 Å². The fourth-order valence-electron chi connectivity index (χ4n) is 1.83. The highest BCUT2D eigenvalue weighted by Gasteiger charge is 2.18. The number of nitrogens with two attached hydrogens (primary N) is 2. The molecule has 0 aliphatic rings. The molecule has 0 amide bonds. The molecule has 0 saturated heterocycles. The number of para-hydroxylation sites is 1. The van der Waals surface area contributed by atoms with Crippen LogP contribution in [0, 0.1) is 6.92 Å².